The van der Waals surface area contributed by atoms with Gasteiger partial charge in [0.1, 0.15) is 5.75 Å². The molecule has 0 saturated heterocycles. The molecule has 0 fully saturated rings. The molecule has 0 saturated carbocycles. The number of hydrogen-bond acceptors (Lipinski definition) is 2. The first kappa shape index (κ1) is 14.9. The topological polar surface area (TPSA) is 33.0 Å². The van der Waals surface area contributed by atoms with E-state index in [-0.39, 0.29) is 5.75 Å². The third-order valence-electron chi connectivity index (χ3n) is 2.97. The molecule has 0 aliphatic carbocycles. The van der Waals surface area contributed by atoms with Crippen LogP contribution in [0.2, 0.25) is 0 Å². The number of rotatable bonds is 3. The molecular weight excluding hydrogens is 279 g/mol. The van der Waals surface area contributed by atoms with Crippen LogP contribution in [-0.4, -0.2) is 6.36 Å². The first-order valence-corrected chi connectivity index (χ1v) is 6.22. The van der Waals surface area contributed by atoms with E-state index in [4.69, 9.17) is 5.26 Å². The molecule has 0 radical (unpaired) electrons. The normalized spacial score (nSPS) is 11.0. The SMILES string of the molecule is Cc1cc(CC#N)ccc1-c1ccc(OC(F)(F)F)cc1. The van der Waals surface area contributed by atoms with Crippen LogP contribution in [0.1, 0.15) is 11.1 Å². The summed E-state index contributed by atoms with van der Waals surface area (Å²) < 4.78 is 40.1. The Morgan fingerprint density at radius 1 is 1.10 bits per heavy atom. The lowest BCUT2D eigenvalue weighted by Gasteiger charge is -2.11. The van der Waals surface area contributed by atoms with Crippen molar-refractivity contribution in [3.05, 3.63) is 53.6 Å². The van der Waals surface area contributed by atoms with Crippen LogP contribution in [0.5, 0.6) is 5.75 Å². The Morgan fingerprint density at radius 2 is 1.76 bits per heavy atom. The second kappa shape index (κ2) is 5.88. The van der Waals surface area contributed by atoms with Crippen LogP contribution >= 0.6 is 0 Å². The largest absolute Gasteiger partial charge is 0.573 e. The van der Waals surface area contributed by atoms with Gasteiger partial charge >= 0.3 is 6.36 Å². The van der Waals surface area contributed by atoms with E-state index in [1.165, 1.54) is 12.1 Å². The van der Waals surface area contributed by atoms with Gasteiger partial charge in [0, 0.05) is 0 Å². The summed E-state index contributed by atoms with van der Waals surface area (Å²) in [6.07, 6.45) is -4.35. The summed E-state index contributed by atoms with van der Waals surface area (Å²) in [5.41, 5.74) is 3.59. The van der Waals surface area contributed by atoms with E-state index in [0.29, 0.717) is 6.42 Å². The van der Waals surface area contributed by atoms with Crippen LogP contribution < -0.4 is 4.74 Å². The van der Waals surface area contributed by atoms with Crippen molar-refractivity contribution in [1.82, 2.24) is 0 Å². The van der Waals surface area contributed by atoms with Gasteiger partial charge in [-0.25, -0.2) is 0 Å². The Hall–Kier alpha value is -2.48. The minimum Gasteiger partial charge on any atom is -0.406 e. The molecule has 0 atom stereocenters. The van der Waals surface area contributed by atoms with Gasteiger partial charge in [-0.1, -0.05) is 30.3 Å². The van der Waals surface area contributed by atoms with Gasteiger partial charge in [-0.3, -0.25) is 0 Å². The molecule has 0 unspecified atom stereocenters. The van der Waals surface area contributed by atoms with E-state index < -0.39 is 6.36 Å². The van der Waals surface area contributed by atoms with Crippen LogP contribution in [0.4, 0.5) is 13.2 Å². The Labute approximate surface area is 120 Å². The molecule has 0 aliphatic rings. The third kappa shape index (κ3) is 3.99. The number of aryl methyl sites for hydroxylation is 1. The summed E-state index contributed by atoms with van der Waals surface area (Å²) in [4.78, 5) is 0. The van der Waals surface area contributed by atoms with Crippen LogP contribution in [-0.2, 0) is 6.42 Å². The highest BCUT2D eigenvalue weighted by Gasteiger charge is 2.30. The average molecular weight is 291 g/mol. The smallest absolute Gasteiger partial charge is 0.406 e. The molecule has 2 aromatic rings. The monoisotopic (exact) mass is 291 g/mol. The molecule has 5 heteroatoms. The second-order valence-corrected chi connectivity index (χ2v) is 4.56. The van der Waals surface area contributed by atoms with Crippen molar-refractivity contribution in [2.75, 3.05) is 0 Å². The lowest BCUT2D eigenvalue weighted by Crippen LogP contribution is -2.16. The van der Waals surface area contributed by atoms with E-state index in [1.54, 1.807) is 12.1 Å². The van der Waals surface area contributed by atoms with Gasteiger partial charge in [0.05, 0.1) is 12.5 Å². The van der Waals surface area contributed by atoms with Gasteiger partial charge < -0.3 is 4.74 Å². The maximum Gasteiger partial charge on any atom is 0.573 e. The van der Waals surface area contributed by atoms with E-state index in [9.17, 15) is 13.2 Å². The van der Waals surface area contributed by atoms with Crippen molar-refractivity contribution in [2.45, 2.75) is 19.7 Å². The molecule has 0 spiro atoms. The number of benzene rings is 2. The highest BCUT2D eigenvalue weighted by atomic mass is 19.4. The highest BCUT2D eigenvalue weighted by Crippen LogP contribution is 2.28. The third-order valence-corrected chi connectivity index (χ3v) is 2.97. The standard InChI is InChI=1S/C16H12F3NO/c1-11-10-12(8-9-20)2-7-15(11)13-3-5-14(6-4-13)21-16(17,18)19/h2-7,10H,8H2,1H3. The molecular formula is C16H12F3NO. The maximum atomic E-state index is 12.1. The highest BCUT2D eigenvalue weighted by molar-refractivity contribution is 5.68. The summed E-state index contributed by atoms with van der Waals surface area (Å²) in [6, 6.07) is 13.4. The molecule has 0 bridgehead atoms. The first-order chi connectivity index (χ1) is 9.89. The zero-order valence-electron chi connectivity index (χ0n) is 11.2. The summed E-state index contributed by atoms with van der Waals surface area (Å²) in [5.74, 6) is -0.245. The zero-order chi connectivity index (χ0) is 15.5. The lowest BCUT2D eigenvalue weighted by atomic mass is 9.97. The molecule has 0 aliphatic heterocycles. The van der Waals surface area contributed by atoms with Gasteiger partial charge in [0.25, 0.3) is 0 Å². The molecule has 2 aromatic carbocycles. The second-order valence-electron chi connectivity index (χ2n) is 4.56. The number of hydrogen-bond donors (Lipinski definition) is 0. The fraction of sp³-hybridized carbons (Fsp3) is 0.188. The first-order valence-electron chi connectivity index (χ1n) is 6.22. The molecule has 2 nitrogen and oxygen atoms in total. The summed E-state index contributed by atoms with van der Waals surface area (Å²) in [5, 5.41) is 8.66. The quantitative estimate of drug-likeness (QED) is 0.826. The minimum absolute atomic E-state index is 0.245. The van der Waals surface area contributed by atoms with Crippen molar-refractivity contribution in [3.8, 4) is 22.9 Å². The predicted molar refractivity (Wildman–Crippen MR) is 72.6 cm³/mol. The Kier molecular flexibility index (Phi) is 4.18. The van der Waals surface area contributed by atoms with Crippen LogP contribution in [0, 0.1) is 18.3 Å². The summed E-state index contributed by atoms with van der Waals surface area (Å²) in [6.45, 7) is 1.90. The molecule has 108 valence electrons. The van der Waals surface area contributed by atoms with Crippen LogP contribution in [0.15, 0.2) is 42.5 Å². The fourth-order valence-corrected chi connectivity index (χ4v) is 2.09. The Bertz CT molecular complexity index is 669. The number of nitrogens with zero attached hydrogens (tertiary/aromatic N) is 1. The number of halogens is 3. The number of alkyl halides is 3. The predicted octanol–water partition coefficient (Wildman–Crippen LogP) is 4.63. The molecule has 0 heterocycles. The summed E-state index contributed by atoms with van der Waals surface area (Å²) >= 11 is 0. The molecule has 0 aromatic heterocycles. The molecule has 2 rings (SSSR count). The zero-order valence-corrected chi connectivity index (χ0v) is 11.2. The Morgan fingerprint density at radius 3 is 2.29 bits per heavy atom. The number of nitriles is 1. The lowest BCUT2D eigenvalue weighted by molar-refractivity contribution is -0.274. The van der Waals surface area contributed by atoms with Crippen LogP contribution in [0.25, 0.3) is 11.1 Å². The van der Waals surface area contributed by atoms with Crippen LogP contribution in [0.3, 0.4) is 0 Å². The van der Waals surface area contributed by atoms with Crippen molar-refractivity contribution in [3.63, 3.8) is 0 Å². The molecule has 0 amide bonds. The van der Waals surface area contributed by atoms with Gasteiger partial charge in [0.2, 0.25) is 0 Å². The van der Waals surface area contributed by atoms with Crippen molar-refractivity contribution in [2.24, 2.45) is 0 Å². The van der Waals surface area contributed by atoms with Crippen molar-refractivity contribution >= 4 is 0 Å². The number of ether oxygens (including phenoxy) is 1. The average Bonchev–Trinajstić information content (AvgIpc) is 2.39. The molecule has 0 N–H and O–H groups in total. The van der Waals surface area contributed by atoms with Gasteiger partial charge in [0.15, 0.2) is 0 Å². The van der Waals surface area contributed by atoms with Gasteiger partial charge in [-0.2, -0.15) is 5.26 Å². The van der Waals surface area contributed by atoms with E-state index in [2.05, 4.69) is 10.8 Å². The maximum absolute atomic E-state index is 12.1. The van der Waals surface area contributed by atoms with Gasteiger partial charge in [-0.05, 0) is 41.3 Å². The Balaban J connectivity index is 2.25. The summed E-state index contributed by atoms with van der Waals surface area (Å²) in [7, 11) is 0. The molecule has 21 heavy (non-hydrogen) atoms. The minimum atomic E-state index is -4.68. The van der Waals surface area contributed by atoms with E-state index >= 15 is 0 Å². The van der Waals surface area contributed by atoms with Gasteiger partial charge in [-0.15, -0.1) is 13.2 Å². The van der Waals surface area contributed by atoms with E-state index in [1.807, 2.05) is 25.1 Å². The van der Waals surface area contributed by atoms with E-state index in [0.717, 1.165) is 22.3 Å². The van der Waals surface area contributed by atoms with Crippen molar-refractivity contribution in [1.29, 1.82) is 5.26 Å². The van der Waals surface area contributed by atoms with Crippen molar-refractivity contribution < 1.29 is 17.9 Å². The fourth-order valence-electron chi connectivity index (χ4n) is 2.09.